The smallest absolute Gasteiger partial charge is 0.726 e. The van der Waals surface area contributed by atoms with Crippen molar-refractivity contribution >= 4 is 20.8 Å². The van der Waals surface area contributed by atoms with E-state index < -0.39 is 34.0 Å². The van der Waals surface area contributed by atoms with Gasteiger partial charge >= 0.3 is 40.0 Å². The molecule has 0 saturated heterocycles. The minimum absolute atomic E-state index is 0. The molecule has 0 aromatic rings. The molecule has 0 aromatic heterocycles. The molecule has 0 amide bonds. The van der Waals surface area contributed by atoms with Crippen LogP contribution in [-0.2, 0) is 29.2 Å². The van der Waals surface area contributed by atoms with E-state index in [0.29, 0.717) is 0 Å². The maximum Gasteiger partial charge on any atom is 1.00 e. The first-order chi connectivity index (χ1) is 5.21. The van der Waals surface area contributed by atoms with Crippen LogP contribution in [0, 0.1) is 0 Å². The molecule has 0 heterocycles. The zero-order valence-electron chi connectivity index (χ0n) is 6.54. The molecule has 0 radical (unpaired) electrons. The summed E-state index contributed by atoms with van der Waals surface area (Å²) in [5, 5.41) is 0. The minimum Gasteiger partial charge on any atom is -0.726 e. The van der Waals surface area contributed by atoms with E-state index in [4.69, 9.17) is 4.55 Å². The molecule has 0 aliphatic heterocycles. The molecule has 0 aliphatic carbocycles. The SMILES string of the molecule is O=S(=O)([O-])OCCOS(=O)(=O)O.[Na+]. The van der Waals surface area contributed by atoms with E-state index in [1.54, 1.807) is 0 Å². The standard InChI is InChI=1S/C2H6O8S2.Na/c3-11(4,5)9-1-2-10-12(6,7)8;/h1-2H2,(H,3,4,5)(H,6,7,8);/q;+1/p-1. The van der Waals surface area contributed by atoms with Crippen molar-refractivity contribution in [2.75, 3.05) is 13.2 Å². The van der Waals surface area contributed by atoms with Crippen molar-refractivity contribution < 1.29 is 63.9 Å². The molecule has 0 saturated carbocycles. The molecule has 11 heteroatoms. The van der Waals surface area contributed by atoms with Crippen molar-refractivity contribution in [1.82, 2.24) is 0 Å². The summed E-state index contributed by atoms with van der Waals surface area (Å²) in [5.41, 5.74) is 0. The Morgan fingerprint density at radius 2 is 1.46 bits per heavy atom. The number of hydrogen-bond donors (Lipinski definition) is 1. The van der Waals surface area contributed by atoms with Crippen LogP contribution >= 0.6 is 0 Å². The van der Waals surface area contributed by atoms with Gasteiger partial charge in [0.1, 0.15) is 0 Å². The van der Waals surface area contributed by atoms with Gasteiger partial charge in [0.05, 0.1) is 13.2 Å². The van der Waals surface area contributed by atoms with Crippen molar-refractivity contribution in [2.24, 2.45) is 0 Å². The topological polar surface area (TPSA) is 130 Å². The van der Waals surface area contributed by atoms with Gasteiger partial charge in [-0.1, -0.05) is 0 Å². The maximum atomic E-state index is 9.81. The molecule has 0 rings (SSSR count). The van der Waals surface area contributed by atoms with Crippen LogP contribution in [0.15, 0.2) is 0 Å². The normalized spacial score (nSPS) is 12.2. The second kappa shape index (κ2) is 6.27. The molecule has 74 valence electrons. The van der Waals surface area contributed by atoms with Crippen LogP contribution in [0.4, 0.5) is 0 Å². The molecule has 0 fully saturated rings. The Labute approximate surface area is 97.4 Å². The molecule has 0 aromatic carbocycles. The average molecular weight is 244 g/mol. The van der Waals surface area contributed by atoms with E-state index in [9.17, 15) is 21.4 Å². The third-order valence-corrected chi connectivity index (χ3v) is 1.46. The van der Waals surface area contributed by atoms with Gasteiger partial charge in [-0.2, -0.15) is 8.42 Å². The summed E-state index contributed by atoms with van der Waals surface area (Å²) in [6.45, 7) is -1.52. The molecule has 1 N–H and O–H groups in total. The zero-order chi connectivity index (χ0) is 9.83. The van der Waals surface area contributed by atoms with Gasteiger partial charge in [0, 0.05) is 0 Å². The summed E-state index contributed by atoms with van der Waals surface area (Å²) in [6.07, 6.45) is 0. The van der Waals surface area contributed by atoms with E-state index in [1.807, 2.05) is 0 Å². The van der Waals surface area contributed by atoms with Crippen LogP contribution in [0.25, 0.3) is 0 Å². The summed E-state index contributed by atoms with van der Waals surface area (Å²) in [7, 11) is -9.47. The predicted molar refractivity (Wildman–Crippen MR) is 33.1 cm³/mol. The van der Waals surface area contributed by atoms with E-state index >= 15 is 0 Å². The maximum absolute atomic E-state index is 9.81. The largest absolute Gasteiger partial charge is 1.00 e. The van der Waals surface area contributed by atoms with Crippen LogP contribution in [0.1, 0.15) is 0 Å². The molecule has 0 bridgehead atoms. The number of rotatable bonds is 5. The Hall–Kier alpha value is 0.740. The van der Waals surface area contributed by atoms with Gasteiger partial charge in [-0.3, -0.25) is 8.74 Å². The molecule has 0 aliphatic rings. The fourth-order valence-corrected chi connectivity index (χ4v) is 0.826. The predicted octanol–water partition coefficient (Wildman–Crippen LogP) is -4.71. The average Bonchev–Trinajstić information content (AvgIpc) is 1.76. The molecule has 0 atom stereocenters. The molecular weight excluding hydrogens is 239 g/mol. The Morgan fingerprint density at radius 1 is 1.08 bits per heavy atom. The van der Waals surface area contributed by atoms with Crippen LogP contribution in [-0.4, -0.2) is 39.2 Å². The Morgan fingerprint density at radius 3 is 1.77 bits per heavy atom. The monoisotopic (exact) mass is 244 g/mol. The fourth-order valence-electron chi connectivity index (χ4n) is 0.275. The molecule has 13 heavy (non-hydrogen) atoms. The number of hydrogen-bond acceptors (Lipinski definition) is 7. The molecule has 8 nitrogen and oxygen atoms in total. The van der Waals surface area contributed by atoms with Crippen molar-refractivity contribution in [1.29, 1.82) is 0 Å². The Bertz CT molecular complexity index is 280. The van der Waals surface area contributed by atoms with Crippen molar-refractivity contribution in [3.63, 3.8) is 0 Å². The van der Waals surface area contributed by atoms with E-state index in [0.717, 1.165) is 0 Å². The van der Waals surface area contributed by atoms with Crippen LogP contribution in [0.5, 0.6) is 0 Å². The second-order valence-corrected chi connectivity index (χ2v) is 3.62. The summed E-state index contributed by atoms with van der Waals surface area (Å²) in [4.78, 5) is 0. The van der Waals surface area contributed by atoms with Gasteiger partial charge in [0.15, 0.2) is 0 Å². The second-order valence-electron chi connectivity index (χ2n) is 1.48. The van der Waals surface area contributed by atoms with Crippen molar-refractivity contribution in [3.05, 3.63) is 0 Å². The van der Waals surface area contributed by atoms with E-state index in [2.05, 4.69) is 8.37 Å². The third-order valence-electron chi connectivity index (χ3n) is 0.543. The van der Waals surface area contributed by atoms with Crippen molar-refractivity contribution in [2.45, 2.75) is 0 Å². The molecule has 0 unspecified atom stereocenters. The first-order valence-corrected chi connectivity index (χ1v) is 5.13. The van der Waals surface area contributed by atoms with Gasteiger partial charge in [0.25, 0.3) is 0 Å². The summed E-state index contributed by atoms with van der Waals surface area (Å²) >= 11 is 0. The summed E-state index contributed by atoms with van der Waals surface area (Å²) < 4.78 is 63.8. The van der Waals surface area contributed by atoms with Crippen LogP contribution < -0.4 is 29.6 Å². The first-order valence-electron chi connectivity index (χ1n) is 2.43. The summed E-state index contributed by atoms with van der Waals surface area (Å²) in [5.74, 6) is 0. The van der Waals surface area contributed by atoms with Gasteiger partial charge in [-0.05, 0) is 0 Å². The first kappa shape index (κ1) is 16.2. The zero-order valence-corrected chi connectivity index (χ0v) is 10.2. The quantitative estimate of drug-likeness (QED) is 0.221. The van der Waals surface area contributed by atoms with Crippen LogP contribution in [0.3, 0.4) is 0 Å². The van der Waals surface area contributed by atoms with E-state index in [-0.39, 0.29) is 29.6 Å². The molecular formula is C2H5NaO8S2. The minimum atomic E-state index is -4.85. The molecule has 0 spiro atoms. The van der Waals surface area contributed by atoms with Gasteiger partial charge in [-0.15, -0.1) is 0 Å². The Kier molecular flexibility index (Phi) is 7.80. The third kappa shape index (κ3) is 15.5. The van der Waals surface area contributed by atoms with E-state index in [1.165, 1.54) is 0 Å². The van der Waals surface area contributed by atoms with Gasteiger partial charge < -0.3 is 4.55 Å². The fraction of sp³-hybridized carbons (Fsp3) is 1.00. The van der Waals surface area contributed by atoms with Gasteiger partial charge in [0.2, 0.25) is 10.4 Å². The van der Waals surface area contributed by atoms with Crippen molar-refractivity contribution in [3.8, 4) is 0 Å². The van der Waals surface area contributed by atoms with Crippen LogP contribution in [0.2, 0.25) is 0 Å². The summed E-state index contributed by atoms with van der Waals surface area (Å²) in [6, 6.07) is 0. The van der Waals surface area contributed by atoms with Gasteiger partial charge in [-0.25, -0.2) is 12.6 Å². The Balaban J connectivity index is 0.